The van der Waals surface area contributed by atoms with Gasteiger partial charge in [0.2, 0.25) is 5.78 Å². The van der Waals surface area contributed by atoms with Crippen LogP contribution in [0.4, 0.5) is 5.69 Å². The number of nitrogens with zero attached hydrogens (tertiary/aromatic N) is 2. The predicted octanol–water partition coefficient (Wildman–Crippen LogP) is 2.30. The topological polar surface area (TPSA) is 98.0 Å². The van der Waals surface area contributed by atoms with Crippen LogP contribution in [0.3, 0.4) is 0 Å². The second-order valence-electron chi connectivity index (χ2n) is 4.41. The molecule has 1 heterocycles. The van der Waals surface area contributed by atoms with Gasteiger partial charge in [0.1, 0.15) is 11.1 Å². The van der Waals surface area contributed by atoms with E-state index in [4.69, 9.17) is 11.6 Å². The molecule has 0 aliphatic heterocycles. The highest BCUT2D eigenvalue weighted by molar-refractivity contribution is 6.31. The number of nitro groups is 1. The highest BCUT2D eigenvalue weighted by Crippen LogP contribution is 2.25. The maximum Gasteiger partial charge on any atom is 0.282 e. The van der Waals surface area contributed by atoms with Crippen molar-refractivity contribution in [1.82, 2.24) is 9.78 Å². The molecule has 110 valence electrons. The van der Waals surface area contributed by atoms with Crippen molar-refractivity contribution in [2.75, 3.05) is 0 Å². The Morgan fingerprint density at radius 2 is 2.14 bits per heavy atom. The first-order valence-electron chi connectivity index (χ1n) is 6.14. The van der Waals surface area contributed by atoms with Crippen molar-refractivity contribution in [3.05, 3.63) is 60.5 Å². The third-order valence-electron chi connectivity index (χ3n) is 3.08. The maximum absolute atomic E-state index is 12.5. The van der Waals surface area contributed by atoms with Crippen molar-refractivity contribution in [2.24, 2.45) is 0 Å². The molecule has 7 nitrogen and oxygen atoms in total. The first-order valence-corrected chi connectivity index (χ1v) is 6.52. The summed E-state index contributed by atoms with van der Waals surface area (Å²) in [5.41, 5.74) is -0.801. The molecule has 0 aliphatic rings. The van der Waals surface area contributed by atoms with E-state index in [2.05, 4.69) is 5.10 Å². The van der Waals surface area contributed by atoms with Gasteiger partial charge in [0, 0.05) is 23.3 Å². The molecule has 2 rings (SSSR count). The number of H-pyrrole nitrogens is 1. The van der Waals surface area contributed by atoms with Crippen LogP contribution in [-0.2, 0) is 6.54 Å². The first-order chi connectivity index (χ1) is 9.86. The first kappa shape index (κ1) is 15.0. The lowest BCUT2D eigenvalue weighted by Crippen LogP contribution is -2.21. The Morgan fingerprint density at radius 3 is 2.67 bits per heavy atom. The fourth-order valence-electron chi connectivity index (χ4n) is 2.08. The number of nitrogens with one attached hydrogen (secondary N) is 1. The number of aryl methyl sites for hydroxylation is 2. The molecule has 0 spiro atoms. The standard InChI is InChI=1S/C13H12ClN3O4/c1-3-16-13(19)11(7(2)15-16)12(18)9-5-4-8(14)6-10(9)17(20)21/h4-6,15H,3H2,1-2H3. The molecule has 0 aliphatic carbocycles. The van der Waals surface area contributed by atoms with Crippen molar-refractivity contribution in [2.45, 2.75) is 20.4 Å². The Balaban J connectivity index is 2.64. The van der Waals surface area contributed by atoms with E-state index < -0.39 is 22.0 Å². The van der Waals surface area contributed by atoms with E-state index in [-0.39, 0.29) is 16.1 Å². The van der Waals surface area contributed by atoms with E-state index in [1.807, 2.05) is 0 Å². The summed E-state index contributed by atoms with van der Waals surface area (Å²) in [7, 11) is 0. The van der Waals surface area contributed by atoms with Gasteiger partial charge in [-0.2, -0.15) is 0 Å². The molecule has 0 saturated carbocycles. The third kappa shape index (κ3) is 2.59. The van der Waals surface area contributed by atoms with Gasteiger partial charge in [0.25, 0.3) is 11.2 Å². The lowest BCUT2D eigenvalue weighted by atomic mass is 10.0. The fraction of sp³-hybridized carbons (Fsp3) is 0.231. The Hall–Kier alpha value is -2.41. The molecule has 21 heavy (non-hydrogen) atoms. The van der Waals surface area contributed by atoms with Crippen LogP contribution < -0.4 is 5.56 Å². The Labute approximate surface area is 124 Å². The van der Waals surface area contributed by atoms with Crippen LogP contribution in [-0.4, -0.2) is 20.5 Å². The summed E-state index contributed by atoms with van der Waals surface area (Å²) < 4.78 is 1.27. The van der Waals surface area contributed by atoms with Crippen molar-refractivity contribution in [3.63, 3.8) is 0 Å². The zero-order valence-electron chi connectivity index (χ0n) is 11.3. The lowest BCUT2D eigenvalue weighted by Gasteiger charge is -2.01. The van der Waals surface area contributed by atoms with Crippen LogP contribution in [0.5, 0.6) is 0 Å². The molecule has 0 amide bonds. The van der Waals surface area contributed by atoms with Gasteiger partial charge in [-0.25, -0.2) is 0 Å². The molecule has 1 aromatic carbocycles. The highest BCUT2D eigenvalue weighted by atomic mass is 35.5. The number of halogens is 1. The van der Waals surface area contributed by atoms with Crippen LogP contribution in [0.25, 0.3) is 0 Å². The lowest BCUT2D eigenvalue weighted by molar-refractivity contribution is -0.385. The Bertz CT molecular complexity index is 791. The average Bonchev–Trinajstić information content (AvgIpc) is 2.72. The fourth-order valence-corrected chi connectivity index (χ4v) is 2.24. The van der Waals surface area contributed by atoms with Gasteiger partial charge in [-0.05, 0) is 26.0 Å². The summed E-state index contributed by atoms with van der Waals surface area (Å²) >= 11 is 5.71. The molecule has 1 aromatic heterocycles. The highest BCUT2D eigenvalue weighted by Gasteiger charge is 2.26. The molecule has 0 unspecified atom stereocenters. The minimum absolute atomic E-state index is 0.0951. The second-order valence-corrected chi connectivity index (χ2v) is 4.85. The van der Waals surface area contributed by atoms with E-state index in [1.54, 1.807) is 13.8 Å². The Morgan fingerprint density at radius 1 is 1.48 bits per heavy atom. The van der Waals surface area contributed by atoms with Gasteiger partial charge in [-0.15, -0.1) is 0 Å². The number of nitro benzene ring substituents is 1. The van der Waals surface area contributed by atoms with Crippen LogP contribution >= 0.6 is 11.6 Å². The molecular formula is C13H12ClN3O4. The molecule has 8 heteroatoms. The molecule has 0 saturated heterocycles. The number of hydrogen-bond donors (Lipinski definition) is 1. The SMILES string of the molecule is CCn1[nH]c(C)c(C(=O)c2ccc(Cl)cc2[N+](=O)[O-])c1=O. The number of ketones is 1. The number of aromatic amines is 1. The number of hydrogen-bond acceptors (Lipinski definition) is 4. The van der Waals surface area contributed by atoms with Crippen LogP contribution in [0.1, 0.15) is 28.5 Å². The molecule has 2 aromatic rings. The molecular weight excluding hydrogens is 298 g/mol. The maximum atomic E-state index is 12.5. The van der Waals surface area contributed by atoms with Crippen molar-refractivity contribution >= 4 is 23.1 Å². The average molecular weight is 310 g/mol. The summed E-state index contributed by atoms with van der Waals surface area (Å²) in [6.45, 7) is 3.69. The molecule has 0 fully saturated rings. The molecule has 0 atom stereocenters. The summed E-state index contributed by atoms with van der Waals surface area (Å²) in [6, 6.07) is 3.72. The molecule has 0 radical (unpaired) electrons. The van der Waals surface area contributed by atoms with Gasteiger partial charge in [-0.3, -0.25) is 29.5 Å². The van der Waals surface area contributed by atoms with Crippen molar-refractivity contribution in [1.29, 1.82) is 0 Å². The monoisotopic (exact) mass is 309 g/mol. The van der Waals surface area contributed by atoms with Gasteiger partial charge in [0.15, 0.2) is 0 Å². The quantitative estimate of drug-likeness (QED) is 0.532. The van der Waals surface area contributed by atoms with Crippen LogP contribution in [0.2, 0.25) is 5.02 Å². The van der Waals surface area contributed by atoms with E-state index in [9.17, 15) is 19.7 Å². The minimum atomic E-state index is -0.695. The van der Waals surface area contributed by atoms with Gasteiger partial charge in [0.05, 0.1) is 4.92 Å². The zero-order valence-corrected chi connectivity index (χ0v) is 12.1. The van der Waals surface area contributed by atoms with Gasteiger partial charge in [-0.1, -0.05) is 11.6 Å². The molecule has 1 N–H and O–H groups in total. The summed E-state index contributed by atoms with van der Waals surface area (Å²) in [5, 5.41) is 14.0. The van der Waals surface area contributed by atoms with E-state index >= 15 is 0 Å². The number of carbonyl (C=O) groups is 1. The third-order valence-corrected chi connectivity index (χ3v) is 3.32. The normalized spacial score (nSPS) is 10.6. The zero-order chi connectivity index (χ0) is 15.7. The number of aromatic nitrogens is 2. The largest absolute Gasteiger partial charge is 0.299 e. The molecule has 0 bridgehead atoms. The predicted molar refractivity (Wildman–Crippen MR) is 77.0 cm³/mol. The van der Waals surface area contributed by atoms with E-state index in [0.29, 0.717) is 12.2 Å². The summed E-state index contributed by atoms with van der Waals surface area (Å²) in [5.74, 6) is -0.690. The summed E-state index contributed by atoms with van der Waals surface area (Å²) in [6.07, 6.45) is 0. The van der Waals surface area contributed by atoms with Crippen molar-refractivity contribution in [3.8, 4) is 0 Å². The van der Waals surface area contributed by atoms with Crippen molar-refractivity contribution < 1.29 is 9.72 Å². The Kier molecular flexibility index (Phi) is 3.95. The minimum Gasteiger partial charge on any atom is -0.299 e. The smallest absolute Gasteiger partial charge is 0.282 e. The number of benzene rings is 1. The number of carbonyl (C=O) groups excluding carboxylic acids is 1. The second kappa shape index (κ2) is 5.53. The van der Waals surface area contributed by atoms with Crippen LogP contribution in [0.15, 0.2) is 23.0 Å². The van der Waals surface area contributed by atoms with Gasteiger partial charge >= 0.3 is 0 Å². The van der Waals surface area contributed by atoms with E-state index in [0.717, 1.165) is 6.07 Å². The number of rotatable bonds is 4. The van der Waals surface area contributed by atoms with Crippen LogP contribution in [0, 0.1) is 17.0 Å². The van der Waals surface area contributed by atoms with E-state index in [1.165, 1.54) is 16.8 Å². The summed E-state index contributed by atoms with van der Waals surface area (Å²) in [4.78, 5) is 34.9. The van der Waals surface area contributed by atoms with Gasteiger partial charge < -0.3 is 0 Å².